The Hall–Kier alpha value is -1.85. The van der Waals surface area contributed by atoms with Crippen LogP contribution in [0.1, 0.15) is 49.7 Å². The van der Waals surface area contributed by atoms with Crippen LogP contribution >= 0.6 is 23.5 Å². The molecule has 30 heavy (non-hydrogen) atoms. The van der Waals surface area contributed by atoms with E-state index in [1.54, 1.807) is 0 Å². The molecule has 2 aromatic rings. The molecule has 4 nitrogen and oxygen atoms in total. The summed E-state index contributed by atoms with van der Waals surface area (Å²) in [5.41, 5.74) is 3.82. The van der Waals surface area contributed by atoms with Crippen molar-refractivity contribution in [3.05, 3.63) is 52.5 Å². The SMILES string of the molecule is CCCc1cc(Cl)ccc1C1COc2ccc(SNC=O)cc2N(CC2CCC2)C1. The molecule has 1 aliphatic heterocycles. The molecule has 0 bridgehead atoms. The van der Waals surface area contributed by atoms with Gasteiger partial charge in [-0.25, -0.2) is 0 Å². The lowest BCUT2D eigenvalue weighted by Crippen LogP contribution is -2.35. The van der Waals surface area contributed by atoms with Crippen LogP contribution in [-0.2, 0) is 11.2 Å². The van der Waals surface area contributed by atoms with E-state index in [0.717, 1.165) is 53.2 Å². The van der Waals surface area contributed by atoms with Crippen LogP contribution in [-0.4, -0.2) is 26.1 Å². The van der Waals surface area contributed by atoms with E-state index >= 15 is 0 Å². The number of rotatable bonds is 8. The number of benzene rings is 2. The Labute approximate surface area is 188 Å². The highest BCUT2D eigenvalue weighted by molar-refractivity contribution is 7.97. The third-order valence-electron chi connectivity index (χ3n) is 6.14. The van der Waals surface area contributed by atoms with Gasteiger partial charge in [-0.05, 0) is 78.6 Å². The van der Waals surface area contributed by atoms with Gasteiger partial charge >= 0.3 is 0 Å². The van der Waals surface area contributed by atoms with E-state index in [1.165, 1.54) is 42.3 Å². The Balaban J connectivity index is 1.65. The smallest absolute Gasteiger partial charge is 0.217 e. The van der Waals surface area contributed by atoms with Crippen molar-refractivity contribution in [1.82, 2.24) is 4.72 Å². The minimum Gasteiger partial charge on any atom is -0.491 e. The Morgan fingerprint density at radius 2 is 2.13 bits per heavy atom. The molecule has 0 aromatic heterocycles. The molecule has 1 amide bonds. The molecule has 2 aliphatic rings. The lowest BCUT2D eigenvalue weighted by Gasteiger charge is -2.35. The number of carbonyl (C=O) groups is 1. The van der Waals surface area contributed by atoms with Gasteiger partial charge in [0.2, 0.25) is 6.41 Å². The molecule has 0 saturated heterocycles. The molecular weight excluding hydrogens is 416 g/mol. The van der Waals surface area contributed by atoms with Gasteiger partial charge in [-0.3, -0.25) is 9.52 Å². The third kappa shape index (κ3) is 4.89. The maximum atomic E-state index is 10.7. The number of halogens is 1. The van der Waals surface area contributed by atoms with Gasteiger partial charge in [0, 0.05) is 28.9 Å². The van der Waals surface area contributed by atoms with Gasteiger partial charge in [0.05, 0.1) is 12.3 Å². The molecule has 0 spiro atoms. The molecule has 160 valence electrons. The zero-order valence-electron chi connectivity index (χ0n) is 17.4. The van der Waals surface area contributed by atoms with Crippen molar-refractivity contribution < 1.29 is 9.53 Å². The number of aryl methyl sites for hydroxylation is 1. The number of carbonyl (C=O) groups excluding carboxylic acids is 1. The molecule has 6 heteroatoms. The molecule has 1 heterocycles. The highest BCUT2D eigenvalue weighted by Gasteiger charge is 2.29. The summed E-state index contributed by atoms with van der Waals surface area (Å²) in [7, 11) is 0. The third-order valence-corrected chi connectivity index (χ3v) is 7.08. The summed E-state index contributed by atoms with van der Waals surface area (Å²) in [6, 6.07) is 12.5. The fourth-order valence-electron chi connectivity index (χ4n) is 4.44. The van der Waals surface area contributed by atoms with Gasteiger partial charge in [-0.2, -0.15) is 0 Å². The Bertz CT molecular complexity index is 888. The Kier molecular flexibility index (Phi) is 7.11. The summed E-state index contributed by atoms with van der Waals surface area (Å²) in [6.07, 6.45) is 6.78. The van der Waals surface area contributed by atoms with Crippen LogP contribution in [0, 0.1) is 5.92 Å². The van der Waals surface area contributed by atoms with E-state index in [1.807, 2.05) is 18.2 Å². The van der Waals surface area contributed by atoms with Gasteiger partial charge in [0.1, 0.15) is 5.75 Å². The number of hydrogen-bond donors (Lipinski definition) is 1. The maximum Gasteiger partial charge on any atom is 0.217 e. The average Bonchev–Trinajstić information content (AvgIpc) is 2.89. The molecule has 1 atom stereocenters. The van der Waals surface area contributed by atoms with E-state index in [9.17, 15) is 4.79 Å². The van der Waals surface area contributed by atoms with Crippen LogP contribution in [0.3, 0.4) is 0 Å². The van der Waals surface area contributed by atoms with Crippen molar-refractivity contribution >= 4 is 35.6 Å². The lowest BCUT2D eigenvalue weighted by atomic mass is 9.84. The lowest BCUT2D eigenvalue weighted by molar-refractivity contribution is -0.107. The number of ether oxygens (including phenoxy) is 1. The molecule has 1 saturated carbocycles. The molecule has 1 N–H and O–H groups in total. The van der Waals surface area contributed by atoms with Crippen LogP contribution < -0.4 is 14.4 Å². The van der Waals surface area contributed by atoms with Gasteiger partial charge in [0.15, 0.2) is 0 Å². The monoisotopic (exact) mass is 444 g/mol. The summed E-state index contributed by atoms with van der Waals surface area (Å²) in [4.78, 5) is 14.2. The van der Waals surface area contributed by atoms with Crippen molar-refractivity contribution in [3.63, 3.8) is 0 Å². The molecule has 4 rings (SSSR count). The predicted molar refractivity (Wildman–Crippen MR) is 125 cm³/mol. The van der Waals surface area contributed by atoms with E-state index in [2.05, 4.69) is 34.7 Å². The second-order valence-electron chi connectivity index (χ2n) is 8.27. The topological polar surface area (TPSA) is 41.6 Å². The van der Waals surface area contributed by atoms with Crippen LogP contribution in [0.5, 0.6) is 5.75 Å². The van der Waals surface area contributed by atoms with Crippen LogP contribution in [0.4, 0.5) is 5.69 Å². The fourth-order valence-corrected chi connectivity index (χ4v) is 5.12. The predicted octanol–water partition coefficient (Wildman–Crippen LogP) is 5.83. The summed E-state index contributed by atoms with van der Waals surface area (Å²) in [6.45, 7) is 4.85. The molecule has 1 unspecified atom stereocenters. The average molecular weight is 445 g/mol. The van der Waals surface area contributed by atoms with E-state index < -0.39 is 0 Å². The molecular formula is C24H29ClN2O2S. The van der Waals surface area contributed by atoms with E-state index in [-0.39, 0.29) is 0 Å². The Morgan fingerprint density at radius 1 is 1.27 bits per heavy atom. The fraction of sp³-hybridized carbons (Fsp3) is 0.458. The number of hydrogen-bond acceptors (Lipinski definition) is 4. The zero-order valence-corrected chi connectivity index (χ0v) is 19.0. The zero-order chi connectivity index (χ0) is 20.9. The van der Waals surface area contributed by atoms with Crippen molar-refractivity contribution in [1.29, 1.82) is 0 Å². The maximum absolute atomic E-state index is 10.7. The number of fused-ring (bicyclic) bond motifs is 1. The summed E-state index contributed by atoms with van der Waals surface area (Å²) < 4.78 is 9.02. The van der Waals surface area contributed by atoms with Crippen molar-refractivity contribution in [2.24, 2.45) is 5.92 Å². The van der Waals surface area contributed by atoms with Gasteiger partial charge in [-0.1, -0.05) is 37.4 Å². The minimum absolute atomic E-state index is 0.292. The van der Waals surface area contributed by atoms with Gasteiger partial charge < -0.3 is 9.64 Å². The first kappa shape index (κ1) is 21.4. The van der Waals surface area contributed by atoms with Crippen molar-refractivity contribution in [3.8, 4) is 5.75 Å². The second-order valence-corrected chi connectivity index (χ2v) is 9.62. The number of anilines is 1. The molecule has 1 aliphatic carbocycles. The summed E-state index contributed by atoms with van der Waals surface area (Å²) >= 11 is 7.64. The quantitative estimate of drug-likeness (QED) is 0.411. The molecule has 2 aromatic carbocycles. The highest BCUT2D eigenvalue weighted by atomic mass is 35.5. The van der Waals surface area contributed by atoms with Crippen molar-refractivity contribution in [2.45, 2.75) is 49.8 Å². The number of nitrogens with zero attached hydrogens (tertiary/aromatic N) is 1. The molecule has 1 fully saturated rings. The summed E-state index contributed by atoms with van der Waals surface area (Å²) in [5.74, 6) is 1.97. The van der Waals surface area contributed by atoms with Crippen molar-refractivity contribution in [2.75, 3.05) is 24.6 Å². The number of nitrogens with one attached hydrogen (secondary N) is 1. The standard InChI is InChI=1S/C24H29ClN2O2S/c1-2-4-18-11-20(25)7-9-22(18)19-14-27(13-17-5-3-6-17)23-12-21(30-26-16-28)8-10-24(23)29-15-19/h7-12,16-17,19H,2-6,13-15H2,1H3,(H,26,28). The first-order valence-corrected chi connectivity index (χ1v) is 12.0. The normalized spacial score (nSPS) is 18.7. The second kappa shape index (κ2) is 9.97. The van der Waals surface area contributed by atoms with Gasteiger partial charge in [0.25, 0.3) is 0 Å². The first-order chi connectivity index (χ1) is 14.7. The first-order valence-electron chi connectivity index (χ1n) is 10.8. The van der Waals surface area contributed by atoms with Crippen LogP contribution in [0.25, 0.3) is 0 Å². The van der Waals surface area contributed by atoms with Crippen LogP contribution in [0.15, 0.2) is 41.3 Å². The number of amides is 1. The van der Waals surface area contributed by atoms with Gasteiger partial charge in [-0.15, -0.1) is 0 Å². The largest absolute Gasteiger partial charge is 0.491 e. The Morgan fingerprint density at radius 3 is 2.87 bits per heavy atom. The molecule has 0 radical (unpaired) electrons. The highest BCUT2D eigenvalue weighted by Crippen LogP contribution is 2.40. The van der Waals surface area contributed by atoms with Crippen LogP contribution in [0.2, 0.25) is 5.02 Å². The minimum atomic E-state index is 0.292. The van der Waals surface area contributed by atoms with E-state index in [0.29, 0.717) is 18.9 Å². The van der Waals surface area contributed by atoms with E-state index in [4.69, 9.17) is 16.3 Å². The summed E-state index contributed by atoms with van der Waals surface area (Å²) in [5, 5.41) is 0.802.